The highest BCUT2D eigenvalue weighted by Crippen LogP contribution is 2.37. The van der Waals surface area contributed by atoms with Gasteiger partial charge in [-0.05, 0) is 56.2 Å². The highest BCUT2D eigenvalue weighted by molar-refractivity contribution is 9.10. The largest absolute Gasteiger partial charge is 0.370 e. The zero-order valence-electron chi connectivity index (χ0n) is 18.6. The van der Waals surface area contributed by atoms with Gasteiger partial charge in [-0.2, -0.15) is 5.10 Å². The minimum Gasteiger partial charge on any atom is -0.370 e. The van der Waals surface area contributed by atoms with Crippen molar-refractivity contribution >= 4 is 49.1 Å². The zero-order valence-corrected chi connectivity index (χ0v) is 21.0. The summed E-state index contributed by atoms with van der Waals surface area (Å²) in [4.78, 5) is 20.5. The first kappa shape index (κ1) is 22.0. The Hall–Kier alpha value is -2.81. The number of anilines is 1. The molecule has 3 heterocycles. The Kier molecular flexibility index (Phi) is 5.68. The van der Waals surface area contributed by atoms with Crippen molar-refractivity contribution in [2.75, 3.05) is 5.43 Å². The van der Waals surface area contributed by atoms with Gasteiger partial charge in [0.25, 0.3) is 5.56 Å². The fraction of sp³-hybridized carbons (Fsp3) is 0.240. The molecule has 168 valence electrons. The highest BCUT2D eigenvalue weighted by atomic mass is 79.9. The molecule has 0 atom stereocenters. The van der Waals surface area contributed by atoms with Gasteiger partial charge < -0.3 is 4.74 Å². The number of nitrogens with one attached hydrogen (secondary N) is 1. The van der Waals surface area contributed by atoms with Gasteiger partial charge in [-0.15, -0.1) is 11.3 Å². The Morgan fingerprint density at radius 2 is 1.91 bits per heavy atom. The van der Waals surface area contributed by atoms with Crippen LogP contribution < -0.4 is 11.0 Å². The molecule has 0 unspecified atom stereocenters. The molecule has 0 bridgehead atoms. The molecule has 0 fully saturated rings. The molecule has 1 aliphatic heterocycles. The molecule has 6 nitrogen and oxygen atoms in total. The van der Waals surface area contributed by atoms with Crippen LogP contribution in [0.4, 0.5) is 5.95 Å². The van der Waals surface area contributed by atoms with E-state index in [2.05, 4.69) is 40.3 Å². The molecule has 8 heteroatoms. The summed E-state index contributed by atoms with van der Waals surface area (Å²) in [5.41, 5.74) is 6.21. The van der Waals surface area contributed by atoms with E-state index < -0.39 is 0 Å². The molecular weight excluding hydrogens is 500 g/mol. The van der Waals surface area contributed by atoms with Crippen molar-refractivity contribution < 1.29 is 4.74 Å². The molecular formula is C25H23BrN4O2S. The quantitative estimate of drug-likeness (QED) is 0.267. The Morgan fingerprint density at radius 1 is 1.18 bits per heavy atom. The second kappa shape index (κ2) is 8.52. The van der Waals surface area contributed by atoms with Crippen molar-refractivity contribution in [1.82, 2.24) is 9.55 Å². The van der Waals surface area contributed by atoms with Crippen LogP contribution in [0.3, 0.4) is 0 Å². The lowest BCUT2D eigenvalue weighted by atomic mass is 9.94. The molecule has 33 heavy (non-hydrogen) atoms. The Balaban J connectivity index is 1.66. The SMILES string of the molecule is CC(=NNc1nc2sc3c(c2c(=O)n1-c1ccccc1)CC(C)(C)OC3)c1ccc(Br)cc1. The lowest BCUT2D eigenvalue weighted by Gasteiger charge is -2.29. The maximum atomic E-state index is 13.8. The van der Waals surface area contributed by atoms with E-state index in [-0.39, 0.29) is 11.2 Å². The number of benzene rings is 2. The molecule has 1 N–H and O–H groups in total. The molecule has 2 aromatic heterocycles. The molecule has 5 rings (SSSR count). The molecule has 1 aliphatic rings. The van der Waals surface area contributed by atoms with E-state index >= 15 is 0 Å². The molecule has 4 aromatic rings. The van der Waals surface area contributed by atoms with Crippen molar-refractivity contribution in [3.05, 3.63) is 85.4 Å². The van der Waals surface area contributed by atoms with Crippen LogP contribution in [0.15, 0.2) is 69.0 Å². The van der Waals surface area contributed by atoms with Crippen LogP contribution in [-0.2, 0) is 17.8 Å². The van der Waals surface area contributed by atoms with Gasteiger partial charge >= 0.3 is 0 Å². The Bertz CT molecular complexity index is 1420. The number of hydrogen-bond acceptors (Lipinski definition) is 6. The number of rotatable bonds is 4. The van der Waals surface area contributed by atoms with E-state index in [9.17, 15) is 4.79 Å². The maximum absolute atomic E-state index is 13.8. The van der Waals surface area contributed by atoms with Gasteiger partial charge in [0.1, 0.15) is 4.83 Å². The number of ether oxygens (including phenoxy) is 1. The Morgan fingerprint density at radius 3 is 2.64 bits per heavy atom. The van der Waals surface area contributed by atoms with Crippen molar-refractivity contribution in [3.8, 4) is 5.69 Å². The molecule has 0 saturated heterocycles. The third-order valence-corrected chi connectivity index (χ3v) is 7.33. The van der Waals surface area contributed by atoms with Gasteiger partial charge in [-0.1, -0.05) is 46.3 Å². The first-order chi connectivity index (χ1) is 15.8. The lowest BCUT2D eigenvalue weighted by Crippen LogP contribution is -2.32. The van der Waals surface area contributed by atoms with Crippen LogP contribution >= 0.6 is 27.3 Å². The second-order valence-corrected chi connectivity index (χ2v) is 10.6. The number of fused-ring (bicyclic) bond motifs is 3. The monoisotopic (exact) mass is 522 g/mol. The number of halogens is 1. The van der Waals surface area contributed by atoms with Crippen molar-refractivity contribution in [1.29, 1.82) is 0 Å². The van der Waals surface area contributed by atoms with Crippen molar-refractivity contribution in [2.24, 2.45) is 5.10 Å². The summed E-state index contributed by atoms with van der Waals surface area (Å²) in [7, 11) is 0. The van der Waals surface area contributed by atoms with E-state index in [1.807, 2.05) is 61.5 Å². The van der Waals surface area contributed by atoms with Gasteiger partial charge in [0.2, 0.25) is 5.95 Å². The van der Waals surface area contributed by atoms with Crippen molar-refractivity contribution in [2.45, 2.75) is 39.4 Å². The predicted octanol–water partition coefficient (Wildman–Crippen LogP) is 5.90. The predicted molar refractivity (Wildman–Crippen MR) is 138 cm³/mol. The van der Waals surface area contributed by atoms with Gasteiger partial charge in [0.15, 0.2) is 0 Å². The zero-order chi connectivity index (χ0) is 23.2. The fourth-order valence-electron chi connectivity index (χ4n) is 3.97. The molecule has 2 aromatic carbocycles. The van der Waals surface area contributed by atoms with E-state index in [0.717, 1.165) is 31.9 Å². The minimum absolute atomic E-state index is 0.0969. The first-order valence-corrected chi connectivity index (χ1v) is 12.3. The van der Waals surface area contributed by atoms with Crippen LogP contribution in [0.2, 0.25) is 0 Å². The van der Waals surface area contributed by atoms with Crippen LogP contribution in [0.25, 0.3) is 15.9 Å². The topological polar surface area (TPSA) is 68.5 Å². The Labute approximate surface area is 204 Å². The number of hydrazone groups is 1. The number of para-hydroxylation sites is 1. The van der Waals surface area contributed by atoms with E-state index in [4.69, 9.17) is 9.72 Å². The summed E-state index contributed by atoms with van der Waals surface area (Å²) in [5, 5.41) is 5.22. The van der Waals surface area contributed by atoms with Gasteiger partial charge in [-0.25, -0.2) is 15.0 Å². The summed E-state index contributed by atoms with van der Waals surface area (Å²) in [6.45, 7) is 6.52. The maximum Gasteiger partial charge on any atom is 0.268 e. The third kappa shape index (κ3) is 4.26. The number of thiophene rings is 1. The summed E-state index contributed by atoms with van der Waals surface area (Å²) in [5.74, 6) is 0.383. The standard InChI is InChI=1S/C25H23BrN4O2S/c1-15(16-9-11-17(26)12-10-16)28-29-24-27-22-21(19-13-25(2,3)32-14-20(19)33-22)23(31)30(24)18-7-5-4-6-8-18/h4-12H,13-14H2,1-3H3,(H,27,29). The van der Waals surface area contributed by atoms with Crippen LogP contribution in [0, 0.1) is 0 Å². The smallest absolute Gasteiger partial charge is 0.268 e. The molecule has 0 amide bonds. The van der Waals surface area contributed by atoms with Gasteiger partial charge in [-0.3, -0.25) is 4.79 Å². The second-order valence-electron chi connectivity index (χ2n) is 8.64. The van der Waals surface area contributed by atoms with Crippen LogP contribution in [0.1, 0.15) is 36.8 Å². The van der Waals surface area contributed by atoms with Gasteiger partial charge in [0, 0.05) is 15.8 Å². The van der Waals surface area contributed by atoms with Crippen LogP contribution in [0.5, 0.6) is 0 Å². The average Bonchev–Trinajstić information content (AvgIpc) is 3.15. The average molecular weight is 523 g/mol. The summed E-state index contributed by atoms with van der Waals surface area (Å²) in [6.07, 6.45) is 0.682. The number of nitrogens with zero attached hydrogens (tertiary/aromatic N) is 3. The molecule has 0 saturated carbocycles. The first-order valence-electron chi connectivity index (χ1n) is 10.7. The van der Waals surface area contributed by atoms with Gasteiger partial charge in [0.05, 0.1) is 29.0 Å². The molecule has 0 spiro atoms. The molecule has 0 radical (unpaired) electrons. The molecule has 0 aliphatic carbocycles. The summed E-state index contributed by atoms with van der Waals surface area (Å²) in [6, 6.07) is 17.5. The lowest BCUT2D eigenvalue weighted by molar-refractivity contribution is -0.0379. The summed E-state index contributed by atoms with van der Waals surface area (Å²) >= 11 is 4.98. The van der Waals surface area contributed by atoms with E-state index in [1.54, 1.807) is 4.57 Å². The van der Waals surface area contributed by atoms with E-state index in [1.165, 1.54) is 11.3 Å². The number of hydrogen-bond donors (Lipinski definition) is 1. The third-order valence-electron chi connectivity index (χ3n) is 5.70. The van der Waals surface area contributed by atoms with E-state index in [0.29, 0.717) is 29.2 Å². The minimum atomic E-state index is -0.311. The highest BCUT2D eigenvalue weighted by Gasteiger charge is 2.31. The fourth-order valence-corrected chi connectivity index (χ4v) is 5.33. The van der Waals surface area contributed by atoms with Crippen LogP contribution in [-0.4, -0.2) is 20.9 Å². The number of aromatic nitrogens is 2. The normalized spacial score (nSPS) is 15.5. The van der Waals surface area contributed by atoms with Crippen molar-refractivity contribution in [3.63, 3.8) is 0 Å². The summed E-state index contributed by atoms with van der Waals surface area (Å²) < 4.78 is 8.59.